The standard InChI is InChI=1S/C17H17F2N3O3S/c1-11(12-5-6-14(18)15(19)10-12)21(2)17(23)13-4-3-7-22-8-9-26(24,25)20-16(13)22/h3-7,10-11H,8-9H2,1-2H3. The zero-order valence-corrected chi connectivity index (χ0v) is 15.0. The zero-order chi connectivity index (χ0) is 19.1. The highest BCUT2D eigenvalue weighted by molar-refractivity contribution is 7.90. The van der Waals surface area contributed by atoms with Crippen LogP contribution in [0.2, 0.25) is 0 Å². The number of amidine groups is 1. The van der Waals surface area contributed by atoms with Crippen LogP contribution in [0.15, 0.2) is 46.5 Å². The van der Waals surface area contributed by atoms with Crippen LogP contribution >= 0.6 is 0 Å². The normalized spacial score (nSPS) is 19.3. The summed E-state index contributed by atoms with van der Waals surface area (Å²) >= 11 is 0. The largest absolute Gasteiger partial charge is 0.335 e. The Kier molecular flexibility index (Phi) is 4.66. The number of nitrogens with zero attached hydrogens (tertiary/aromatic N) is 3. The average Bonchev–Trinajstić information content (AvgIpc) is 2.61. The molecule has 1 amide bonds. The Bertz CT molecular complexity index is 954. The van der Waals surface area contributed by atoms with Crippen LogP contribution in [-0.4, -0.2) is 49.3 Å². The molecule has 2 aliphatic heterocycles. The van der Waals surface area contributed by atoms with Crippen molar-refractivity contribution in [3.05, 3.63) is 59.3 Å². The number of allylic oxidation sites excluding steroid dienone is 2. The van der Waals surface area contributed by atoms with E-state index in [9.17, 15) is 22.0 Å². The Labute approximate surface area is 150 Å². The number of hydrogen-bond donors (Lipinski definition) is 0. The van der Waals surface area contributed by atoms with Crippen LogP contribution in [0.1, 0.15) is 18.5 Å². The first-order valence-electron chi connectivity index (χ1n) is 7.90. The van der Waals surface area contributed by atoms with E-state index in [1.165, 1.54) is 24.1 Å². The topological polar surface area (TPSA) is 70.1 Å². The Morgan fingerprint density at radius 1 is 1.31 bits per heavy atom. The summed E-state index contributed by atoms with van der Waals surface area (Å²) in [6.45, 7) is 1.88. The number of likely N-dealkylation sites (N-methyl/N-ethyl adjacent to an activating group) is 1. The lowest BCUT2D eigenvalue weighted by Crippen LogP contribution is -2.43. The maximum Gasteiger partial charge on any atom is 0.257 e. The molecule has 1 atom stereocenters. The van der Waals surface area contributed by atoms with Gasteiger partial charge in [-0.15, -0.1) is 4.40 Å². The molecule has 0 radical (unpaired) electrons. The van der Waals surface area contributed by atoms with Gasteiger partial charge in [-0.25, -0.2) is 17.2 Å². The zero-order valence-electron chi connectivity index (χ0n) is 14.2. The predicted octanol–water partition coefficient (Wildman–Crippen LogP) is 1.98. The fourth-order valence-corrected chi connectivity index (χ4v) is 3.73. The second kappa shape index (κ2) is 6.64. The number of amides is 1. The highest BCUT2D eigenvalue weighted by Crippen LogP contribution is 2.25. The summed E-state index contributed by atoms with van der Waals surface area (Å²) < 4.78 is 53.9. The molecule has 0 spiro atoms. The number of carbonyl (C=O) groups is 1. The van der Waals surface area contributed by atoms with E-state index in [1.807, 2.05) is 0 Å². The van der Waals surface area contributed by atoms with Gasteiger partial charge < -0.3 is 9.80 Å². The molecule has 6 nitrogen and oxygen atoms in total. The number of benzene rings is 1. The van der Waals surface area contributed by atoms with Crippen molar-refractivity contribution >= 4 is 21.8 Å². The minimum absolute atomic E-state index is 0.0769. The van der Waals surface area contributed by atoms with Crippen LogP contribution in [0.5, 0.6) is 0 Å². The van der Waals surface area contributed by atoms with Crippen LogP contribution in [0, 0.1) is 11.6 Å². The van der Waals surface area contributed by atoms with E-state index in [2.05, 4.69) is 4.40 Å². The quantitative estimate of drug-likeness (QED) is 0.803. The second-order valence-corrected chi connectivity index (χ2v) is 7.84. The fourth-order valence-electron chi connectivity index (χ4n) is 2.74. The van der Waals surface area contributed by atoms with Crippen molar-refractivity contribution in [3.63, 3.8) is 0 Å². The minimum atomic E-state index is -3.62. The van der Waals surface area contributed by atoms with Gasteiger partial charge >= 0.3 is 0 Å². The van der Waals surface area contributed by atoms with Crippen molar-refractivity contribution in [2.24, 2.45) is 4.40 Å². The lowest BCUT2D eigenvalue weighted by Gasteiger charge is -2.32. The molecule has 0 saturated carbocycles. The molecule has 138 valence electrons. The molecule has 0 saturated heterocycles. The molecule has 1 aromatic carbocycles. The van der Waals surface area contributed by atoms with Gasteiger partial charge in [0.2, 0.25) is 0 Å². The number of carbonyl (C=O) groups excluding carboxylic acids is 1. The van der Waals surface area contributed by atoms with Crippen molar-refractivity contribution in [1.82, 2.24) is 9.80 Å². The third-order valence-corrected chi connectivity index (χ3v) is 5.56. The average molecular weight is 381 g/mol. The predicted molar refractivity (Wildman–Crippen MR) is 92.7 cm³/mol. The first kappa shape index (κ1) is 18.2. The third-order valence-electron chi connectivity index (χ3n) is 4.42. The van der Waals surface area contributed by atoms with E-state index < -0.39 is 33.6 Å². The fraction of sp³-hybridized carbons (Fsp3) is 0.294. The van der Waals surface area contributed by atoms with Crippen LogP contribution in [0.4, 0.5) is 8.78 Å². The van der Waals surface area contributed by atoms with E-state index in [-0.39, 0.29) is 23.7 Å². The number of hydrogen-bond acceptors (Lipinski definition) is 4. The summed E-state index contributed by atoms with van der Waals surface area (Å²) in [5.74, 6) is -2.47. The molecule has 0 bridgehead atoms. The van der Waals surface area contributed by atoms with Gasteiger partial charge in [-0.1, -0.05) is 6.07 Å². The molecule has 26 heavy (non-hydrogen) atoms. The Morgan fingerprint density at radius 2 is 2.04 bits per heavy atom. The molecule has 0 N–H and O–H groups in total. The number of sulfonamides is 1. The van der Waals surface area contributed by atoms with Gasteiger partial charge in [-0.3, -0.25) is 4.79 Å². The van der Waals surface area contributed by atoms with Gasteiger partial charge in [0.15, 0.2) is 17.5 Å². The maximum absolute atomic E-state index is 13.5. The van der Waals surface area contributed by atoms with Gasteiger partial charge in [0.1, 0.15) is 0 Å². The van der Waals surface area contributed by atoms with Crippen molar-refractivity contribution in [2.75, 3.05) is 19.3 Å². The summed E-state index contributed by atoms with van der Waals surface area (Å²) in [7, 11) is -2.11. The molecular weight excluding hydrogens is 364 g/mol. The van der Waals surface area contributed by atoms with Crippen LogP contribution in [0.3, 0.4) is 0 Å². The van der Waals surface area contributed by atoms with Gasteiger partial charge in [0.25, 0.3) is 15.9 Å². The van der Waals surface area contributed by atoms with Crippen molar-refractivity contribution < 1.29 is 22.0 Å². The van der Waals surface area contributed by atoms with Crippen molar-refractivity contribution in [3.8, 4) is 0 Å². The summed E-state index contributed by atoms with van der Waals surface area (Å²) in [5.41, 5.74) is 0.550. The lowest BCUT2D eigenvalue weighted by atomic mass is 10.0. The molecule has 3 rings (SSSR count). The third kappa shape index (κ3) is 3.39. The smallest absolute Gasteiger partial charge is 0.257 e. The van der Waals surface area contributed by atoms with Gasteiger partial charge in [-0.2, -0.15) is 0 Å². The Balaban J connectivity index is 1.90. The summed E-state index contributed by atoms with van der Waals surface area (Å²) in [6, 6.07) is 2.88. The molecule has 0 aromatic heterocycles. The Hall–Kier alpha value is -2.55. The molecule has 2 heterocycles. The van der Waals surface area contributed by atoms with E-state index in [1.54, 1.807) is 24.1 Å². The monoisotopic (exact) mass is 381 g/mol. The summed E-state index contributed by atoms with van der Waals surface area (Å²) in [6.07, 6.45) is 4.79. The summed E-state index contributed by atoms with van der Waals surface area (Å²) in [5, 5.41) is 0. The van der Waals surface area contributed by atoms with Crippen LogP contribution < -0.4 is 0 Å². The lowest BCUT2D eigenvalue weighted by molar-refractivity contribution is -0.127. The van der Waals surface area contributed by atoms with E-state index >= 15 is 0 Å². The highest BCUT2D eigenvalue weighted by atomic mass is 32.2. The first-order chi connectivity index (χ1) is 12.2. The van der Waals surface area contributed by atoms with Gasteiger partial charge in [0.05, 0.1) is 17.4 Å². The van der Waals surface area contributed by atoms with Gasteiger partial charge in [-0.05, 0) is 36.8 Å². The molecule has 2 aliphatic rings. The van der Waals surface area contributed by atoms with E-state index in [0.717, 1.165) is 12.1 Å². The molecular formula is C17H17F2N3O3S. The maximum atomic E-state index is 13.5. The van der Waals surface area contributed by atoms with Crippen molar-refractivity contribution in [2.45, 2.75) is 13.0 Å². The van der Waals surface area contributed by atoms with E-state index in [4.69, 9.17) is 0 Å². The first-order valence-corrected chi connectivity index (χ1v) is 9.51. The molecule has 0 aliphatic carbocycles. The molecule has 1 aromatic rings. The second-order valence-electron chi connectivity index (χ2n) is 6.08. The SMILES string of the molecule is CC(c1ccc(F)c(F)c1)N(C)C(=O)C1=CC=CN2CCS(=O)(=O)N=C12. The molecule has 0 fully saturated rings. The summed E-state index contributed by atoms with van der Waals surface area (Å²) in [4.78, 5) is 15.8. The number of fused-ring (bicyclic) bond motifs is 1. The number of rotatable bonds is 3. The van der Waals surface area contributed by atoms with Crippen LogP contribution in [-0.2, 0) is 14.8 Å². The molecule has 9 heteroatoms. The minimum Gasteiger partial charge on any atom is -0.335 e. The highest BCUT2D eigenvalue weighted by Gasteiger charge is 2.32. The van der Waals surface area contributed by atoms with Crippen LogP contribution in [0.25, 0.3) is 0 Å². The number of halogens is 2. The van der Waals surface area contributed by atoms with Crippen molar-refractivity contribution in [1.29, 1.82) is 0 Å². The van der Waals surface area contributed by atoms with E-state index in [0.29, 0.717) is 5.56 Å². The van der Waals surface area contributed by atoms with Gasteiger partial charge in [0, 0.05) is 19.8 Å². The Morgan fingerprint density at radius 3 is 2.73 bits per heavy atom. The molecule has 1 unspecified atom stereocenters.